The molecule has 80 valence electrons. The lowest BCUT2D eigenvalue weighted by molar-refractivity contribution is 0.475. The average Bonchev–Trinajstić information content (AvgIpc) is 2.29. The second kappa shape index (κ2) is 5.05. The minimum Gasteiger partial charge on any atom is -0.237 e. The predicted molar refractivity (Wildman–Crippen MR) is 66.1 cm³/mol. The number of benzene rings is 1. The van der Waals surface area contributed by atoms with Gasteiger partial charge in [0.05, 0.1) is 4.90 Å². The van der Waals surface area contributed by atoms with Gasteiger partial charge in [-0.3, -0.25) is 0 Å². The molecule has 0 spiro atoms. The van der Waals surface area contributed by atoms with Crippen LogP contribution in [-0.4, -0.2) is 21.6 Å². The van der Waals surface area contributed by atoms with Gasteiger partial charge in [0.1, 0.15) is 11.0 Å². The molecule has 1 unspecified atom stereocenters. The number of halogens is 1. The third kappa shape index (κ3) is 2.77. The first-order valence-corrected chi connectivity index (χ1v) is 6.74. The molecule has 0 aromatic heterocycles. The zero-order valence-corrected chi connectivity index (χ0v) is 10.6. The van der Waals surface area contributed by atoms with Crippen molar-refractivity contribution in [3.05, 3.63) is 40.9 Å². The third-order valence-corrected chi connectivity index (χ3v) is 4.28. The molecule has 0 N–H and O–H groups in total. The number of hydrogen-bond donors (Lipinski definition) is 0. The summed E-state index contributed by atoms with van der Waals surface area (Å²) in [5.41, 5.74) is 0. The normalized spacial score (nSPS) is 19.7. The summed E-state index contributed by atoms with van der Waals surface area (Å²) >= 11 is 3.45. The van der Waals surface area contributed by atoms with E-state index in [0.717, 1.165) is 28.9 Å². The minimum absolute atomic E-state index is 0.738. The summed E-state index contributed by atoms with van der Waals surface area (Å²) in [6.07, 6.45) is 3.10. The molecule has 2 rings (SSSR count). The van der Waals surface area contributed by atoms with Crippen molar-refractivity contribution in [3.63, 3.8) is 0 Å². The van der Waals surface area contributed by atoms with Crippen molar-refractivity contribution >= 4 is 26.9 Å². The van der Waals surface area contributed by atoms with Gasteiger partial charge in [-0.1, -0.05) is 40.2 Å². The van der Waals surface area contributed by atoms with E-state index in [4.69, 9.17) is 0 Å². The molecule has 1 aromatic carbocycles. The number of rotatable bonds is 2. The maximum absolute atomic E-state index is 12.1. The lowest BCUT2D eigenvalue weighted by atomic mass is 10.3. The summed E-state index contributed by atoms with van der Waals surface area (Å²) in [6, 6.07) is 9.58. The third-order valence-electron chi connectivity index (χ3n) is 2.25. The van der Waals surface area contributed by atoms with Gasteiger partial charge in [0.15, 0.2) is 0 Å². The van der Waals surface area contributed by atoms with Crippen LogP contribution in [0.3, 0.4) is 0 Å². The fourth-order valence-corrected chi connectivity index (χ4v) is 3.42. The highest BCUT2D eigenvalue weighted by molar-refractivity contribution is 9.11. The Labute approximate surface area is 101 Å². The molecule has 0 amide bonds. The summed E-state index contributed by atoms with van der Waals surface area (Å²) in [7, 11) is -1.03. The van der Waals surface area contributed by atoms with Crippen molar-refractivity contribution in [2.24, 2.45) is 0 Å². The van der Waals surface area contributed by atoms with E-state index in [1.165, 1.54) is 0 Å². The second-order valence-corrected chi connectivity index (χ2v) is 5.87. The minimum atomic E-state index is -1.03. The smallest absolute Gasteiger partial charge is 0.127 e. The van der Waals surface area contributed by atoms with Crippen LogP contribution in [-0.2, 0) is 11.0 Å². The van der Waals surface area contributed by atoms with Crippen molar-refractivity contribution in [1.29, 1.82) is 0 Å². The highest BCUT2D eigenvalue weighted by atomic mass is 79.9. The van der Waals surface area contributed by atoms with E-state index in [9.17, 15) is 4.21 Å². The Morgan fingerprint density at radius 1 is 1.27 bits per heavy atom. The van der Waals surface area contributed by atoms with Crippen LogP contribution in [0, 0.1) is 0 Å². The molecule has 0 aliphatic carbocycles. The van der Waals surface area contributed by atoms with E-state index < -0.39 is 11.0 Å². The number of nitrogens with zero attached hydrogens (tertiary/aromatic N) is 1. The van der Waals surface area contributed by atoms with Gasteiger partial charge < -0.3 is 0 Å². The van der Waals surface area contributed by atoms with Crippen molar-refractivity contribution < 1.29 is 4.21 Å². The Balaban J connectivity index is 2.12. The summed E-state index contributed by atoms with van der Waals surface area (Å²) < 4.78 is 15.2. The topological polar surface area (TPSA) is 20.3 Å². The molecule has 0 bridgehead atoms. The van der Waals surface area contributed by atoms with Crippen LogP contribution in [0.4, 0.5) is 0 Å². The van der Waals surface area contributed by atoms with Gasteiger partial charge in [0.25, 0.3) is 0 Å². The van der Waals surface area contributed by atoms with E-state index in [0.29, 0.717) is 0 Å². The Morgan fingerprint density at radius 2 is 2.00 bits per heavy atom. The predicted octanol–water partition coefficient (Wildman–Crippen LogP) is 2.69. The maximum Gasteiger partial charge on any atom is 0.127 e. The quantitative estimate of drug-likeness (QED) is 0.818. The van der Waals surface area contributed by atoms with Gasteiger partial charge in [-0.25, -0.2) is 8.51 Å². The molecule has 0 saturated heterocycles. The standard InChI is InChI=1S/C11H12BrNOS/c12-10-5-4-8-13(9-10)15(14)11-6-2-1-3-7-11/h1-3,5-7H,4,8-9H2. The average molecular weight is 286 g/mol. The molecule has 0 fully saturated rings. The Hall–Kier alpha value is -0.450. The van der Waals surface area contributed by atoms with Crippen LogP contribution in [0.1, 0.15) is 6.42 Å². The first-order valence-electron chi connectivity index (χ1n) is 4.84. The molecule has 0 saturated carbocycles. The molecule has 1 heterocycles. The van der Waals surface area contributed by atoms with E-state index in [-0.39, 0.29) is 0 Å². The van der Waals surface area contributed by atoms with E-state index >= 15 is 0 Å². The summed E-state index contributed by atoms with van der Waals surface area (Å²) in [4.78, 5) is 0.875. The van der Waals surface area contributed by atoms with E-state index in [1.807, 2.05) is 34.6 Å². The lowest BCUT2D eigenvalue weighted by Crippen LogP contribution is -2.30. The second-order valence-electron chi connectivity index (χ2n) is 3.37. The molecule has 1 aliphatic heterocycles. The van der Waals surface area contributed by atoms with Crippen molar-refractivity contribution in [3.8, 4) is 0 Å². The van der Waals surface area contributed by atoms with Gasteiger partial charge in [-0.15, -0.1) is 0 Å². The Bertz CT molecular complexity index is 391. The van der Waals surface area contributed by atoms with Crippen LogP contribution in [0.25, 0.3) is 0 Å². The lowest BCUT2D eigenvalue weighted by Gasteiger charge is -2.23. The maximum atomic E-state index is 12.1. The monoisotopic (exact) mass is 285 g/mol. The molecule has 0 radical (unpaired) electrons. The molecule has 1 aromatic rings. The molecule has 2 nitrogen and oxygen atoms in total. The van der Waals surface area contributed by atoms with Crippen LogP contribution in [0.2, 0.25) is 0 Å². The van der Waals surface area contributed by atoms with Gasteiger partial charge in [-0.05, 0) is 18.6 Å². The van der Waals surface area contributed by atoms with Crippen LogP contribution in [0.15, 0.2) is 45.8 Å². The highest BCUT2D eigenvalue weighted by Gasteiger charge is 2.17. The van der Waals surface area contributed by atoms with Gasteiger partial charge >= 0.3 is 0 Å². The van der Waals surface area contributed by atoms with Crippen molar-refractivity contribution in [2.75, 3.05) is 13.1 Å². The van der Waals surface area contributed by atoms with E-state index in [1.54, 1.807) is 0 Å². The number of hydrogen-bond acceptors (Lipinski definition) is 1. The summed E-state index contributed by atoms with van der Waals surface area (Å²) in [6.45, 7) is 1.60. The van der Waals surface area contributed by atoms with E-state index in [2.05, 4.69) is 22.0 Å². The zero-order chi connectivity index (χ0) is 10.7. The molecular formula is C11H12BrNOS. The molecule has 1 aliphatic rings. The van der Waals surface area contributed by atoms with Crippen LogP contribution >= 0.6 is 15.9 Å². The van der Waals surface area contributed by atoms with Crippen LogP contribution in [0.5, 0.6) is 0 Å². The largest absolute Gasteiger partial charge is 0.237 e. The first kappa shape index (κ1) is 11.0. The molecule has 1 atom stereocenters. The highest BCUT2D eigenvalue weighted by Crippen LogP contribution is 2.19. The first-order chi connectivity index (χ1) is 7.27. The zero-order valence-electron chi connectivity index (χ0n) is 8.23. The molecular weight excluding hydrogens is 274 g/mol. The fraction of sp³-hybridized carbons (Fsp3) is 0.273. The van der Waals surface area contributed by atoms with Gasteiger partial charge in [-0.2, -0.15) is 0 Å². The molecule has 4 heteroatoms. The van der Waals surface area contributed by atoms with Crippen LogP contribution < -0.4 is 0 Å². The van der Waals surface area contributed by atoms with Gasteiger partial charge in [0, 0.05) is 17.6 Å². The SMILES string of the molecule is O=S(c1ccccc1)N1CCC=C(Br)C1. The van der Waals surface area contributed by atoms with Crippen molar-refractivity contribution in [1.82, 2.24) is 4.31 Å². The fourth-order valence-electron chi connectivity index (χ4n) is 1.50. The Kier molecular flexibility index (Phi) is 3.72. The van der Waals surface area contributed by atoms with Crippen molar-refractivity contribution in [2.45, 2.75) is 11.3 Å². The summed E-state index contributed by atoms with van der Waals surface area (Å²) in [5.74, 6) is 0. The Morgan fingerprint density at radius 3 is 2.67 bits per heavy atom. The summed E-state index contributed by atoms with van der Waals surface area (Å²) in [5, 5.41) is 0. The molecule has 15 heavy (non-hydrogen) atoms. The van der Waals surface area contributed by atoms with Gasteiger partial charge in [0.2, 0.25) is 0 Å².